The van der Waals surface area contributed by atoms with E-state index in [0.717, 1.165) is 24.2 Å². The van der Waals surface area contributed by atoms with Crippen LogP contribution in [0.15, 0.2) is 18.2 Å². The highest BCUT2D eigenvalue weighted by Gasteiger charge is 2.24. The third-order valence-electron chi connectivity index (χ3n) is 3.08. The highest BCUT2D eigenvalue weighted by atomic mass is 16.5. The number of ether oxygens (including phenoxy) is 1. The van der Waals surface area contributed by atoms with Crippen LogP contribution in [0.3, 0.4) is 0 Å². The number of hydrogen-bond acceptors (Lipinski definition) is 2. The predicted octanol–water partition coefficient (Wildman–Crippen LogP) is 2.59. The summed E-state index contributed by atoms with van der Waals surface area (Å²) in [6.07, 6.45) is 1.92. The normalized spacial score (nSPS) is 18.7. The van der Waals surface area contributed by atoms with E-state index in [1.165, 1.54) is 5.56 Å². The quantitative estimate of drug-likeness (QED) is 0.851. The molecular weight excluding hydrogens is 204 g/mol. The number of carboxylic acids is 1. The van der Waals surface area contributed by atoms with Crippen molar-refractivity contribution in [1.82, 2.24) is 0 Å². The van der Waals surface area contributed by atoms with E-state index in [9.17, 15) is 4.79 Å². The molecule has 0 spiro atoms. The van der Waals surface area contributed by atoms with E-state index in [-0.39, 0.29) is 12.3 Å². The van der Waals surface area contributed by atoms with E-state index in [1.54, 1.807) is 0 Å². The molecule has 0 fully saturated rings. The van der Waals surface area contributed by atoms with Crippen LogP contribution >= 0.6 is 0 Å². The standard InChI is InChI=1S/C13H16O3/c1-2-9-4-3-5-11-10(8-12(14)15)6-7-16-13(9)11/h3-5,10H,2,6-8H2,1H3,(H,14,15). The summed E-state index contributed by atoms with van der Waals surface area (Å²) in [5.41, 5.74) is 2.24. The molecule has 0 amide bonds. The lowest BCUT2D eigenvalue weighted by molar-refractivity contribution is -0.137. The van der Waals surface area contributed by atoms with Crippen LogP contribution in [0.4, 0.5) is 0 Å². The zero-order valence-electron chi connectivity index (χ0n) is 9.40. The summed E-state index contributed by atoms with van der Waals surface area (Å²) in [5, 5.41) is 8.88. The van der Waals surface area contributed by atoms with Crippen LogP contribution in [0.25, 0.3) is 0 Å². The van der Waals surface area contributed by atoms with E-state index >= 15 is 0 Å². The number of para-hydroxylation sites is 1. The molecule has 86 valence electrons. The Morgan fingerprint density at radius 2 is 2.38 bits per heavy atom. The average molecular weight is 220 g/mol. The fourth-order valence-corrected chi connectivity index (χ4v) is 2.26. The fraction of sp³-hybridized carbons (Fsp3) is 0.462. The van der Waals surface area contributed by atoms with Crippen molar-refractivity contribution in [2.75, 3.05) is 6.61 Å². The first-order valence-electron chi connectivity index (χ1n) is 5.68. The molecule has 2 rings (SSSR count). The van der Waals surface area contributed by atoms with Crippen LogP contribution < -0.4 is 4.74 Å². The van der Waals surface area contributed by atoms with Crippen LogP contribution in [0.1, 0.15) is 36.8 Å². The van der Waals surface area contributed by atoms with Gasteiger partial charge in [0.15, 0.2) is 0 Å². The van der Waals surface area contributed by atoms with Gasteiger partial charge in [-0.2, -0.15) is 0 Å². The molecule has 0 saturated heterocycles. The van der Waals surface area contributed by atoms with Gasteiger partial charge in [0.05, 0.1) is 13.0 Å². The van der Waals surface area contributed by atoms with Crippen LogP contribution in [0.5, 0.6) is 5.75 Å². The molecule has 0 aliphatic carbocycles. The van der Waals surface area contributed by atoms with Gasteiger partial charge in [-0.3, -0.25) is 4.79 Å². The van der Waals surface area contributed by atoms with Gasteiger partial charge in [0.1, 0.15) is 5.75 Å². The van der Waals surface area contributed by atoms with E-state index in [4.69, 9.17) is 9.84 Å². The maximum atomic E-state index is 10.8. The monoisotopic (exact) mass is 220 g/mol. The zero-order valence-corrected chi connectivity index (χ0v) is 9.40. The van der Waals surface area contributed by atoms with Crippen molar-refractivity contribution in [3.63, 3.8) is 0 Å². The van der Waals surface area contributed by atoms with Crippen molar-refractivity contribution in [3.05, 3.63) is 29.3 Å². The number of hydrogen-bond donors (Lipinski definition) is 1. The highest BCUT2D eigenvalue weighted by Crippen LogP contribution is 2.38. The predicted molar refractivity (Wildman–Crippen MR) is 60.9 cm³/mol. The summed E-state index contributed by atoms with van der Waals surface area (Å²) >= 11 is 0. The zero-order chi connectivity index (χ0) is 11.5. The number of carbonyl (C=O) groups is 1. The minimum atomic E-state index is -0.736. The molecule has 1 heterocycles. The van der Waals surface area contributed by atoms with Crippen LogP contribution in [0, 0.1) is 0 Å². The second kappa shape index (κ2) is 4.56. The van der Waals surface area contributed by atoms with Crippen molar-refractivity contribution in [2.24, 2.45) is 0 Å². The fourth-order valence-electron chi connectivity index (χ4n) is 2.26. The number of aliphatic carboxylic acids is 1. The third kappa shape index (κ3) is 2.03. The maximum absolute atomic E-state index is 10.8. The maximum Gasteiger partial charge on any atom is 0.303 e. The van der Waals surface area contributed by atoms with Crippen molar-refractivity contribution in [1.29, 1.82) is 0 Å². The second-order valence-electron chi connectivity index (χ2n) is 4.12. The minimum absolute atomic E-state index is 0.104. The number of aryl methyl sites for hydroxylation is 1. The first-order valence-corrected chi connectivity index (χ1v) is 5.68. The number of fused-ring (bicyclic) bond motifs is 1. The smallest absolute Gasteiger partial charge is 0.303 e. The lowest BCUT2D eigenvalue weighted by Crippen LogP contribution is -2.18. The molecule has 1 N–H and O–H groups in total. The Kier molecular flexibility index (Phi) is 3.13. The first-order chi connectivity index (χ1) is 7.72. The molecule has 0 saturated carbocycles. The highest BCUT2D eigenvalue weighted by molar-refractivity contribution is 5.68. The number of rotatable bonds is 3. The van der Waals surface area contributed by atoms with Gasteiger partial charge in [-0.1, -0.05) is 25.1 Å². The molecule has 3 heteroatoms. The van der Waals surface area contributed by atoms with Gasteiger partial charge in [-0.15, -0.1) is 0 Å². The Bertz CT molecular complexity index is 398. The Hall–Kier alpha value is -1.51. The summed E-state index contributed by atoms with van der Waals surface area (Å²) in [4.78, 5) is 10.8. The SMILES string of the molecule is CCc1cccc2c1OCCC2CC(=O)O. The van der Waals surface area contributed by atoms with Gasteiger partial charge in [0, 0.05) is 5.92 Å². The van der Waals surface area contributed by atoms with E-state index in [2.05, 4.69) is 6.92 Å². The van der Waals surface area contributed by atoms with Gasteiger partial charge < -0.3 is 9.84 Å². The Morgan fingerprint density at radius 3 is 3.06 bits per heavy atom. The summed E-state index contributed by atoms with van der Waals surface area (Å²) < 4.78 is 5.66. The molecule has 1 unspecified atom stereocenters. The molecule has 16 heavy (non-hydrogen) atoms. The molecule has 3 nitrogen and oxygen atoms in total. The van der Waals surface area contributed by atoms with Crippen LogP contribution in [0.2, 0.25) is 0 Å². The van der Waals surface area contributed by atoms with Gasteiger partial charge in [0.25, 0.3) is 0 Å². The summed E-state index contributed by atoms with van der Waals surface area (Å²) in [5.74, 6) is 0.287. The lowest BCUT2D eigenvalue weighted by Gasteiger charge is -2.26. The molecule has 1 aromatic carbocycles. The summed E-state index contributed by atoms with van der Waals surface area (Å²) in [6.45, 7) is 2.71. The molecule has 1 aromatic rings. The molecule has 0 aromatic heterocycles. The van der Waals surface area contributed by atoms with Crippen molar-refractivity contribution in [3.8, 4) is 5.75 Å². The largest absolute Gasteiger partial charge is 0.493 e. The topological polar surface area (TPSA) is 46.5 Å². The summed E-state index contributed by atoms with van der Waals surface area (Å²) in [6, 6.07) is 6.02. The second-order valence-corrected chi connectivity index (χ2v) is 4.12. The van der Waals surface area contributed by atoms with Crippen molar-refractivity contribution >= 4 is 5.97 Å². The van der Waals surface area contributed by atoms with E-state index in [1.807, 2.05) is 18.2 Å². The van der Waals surface area contributed by atoms with Gasteiger partial charge in [-0.05, 0) is 24.0 Å². The van der Waals surface area contributed by atoms with E-state index < -0.39 is 5.97 Å². The van der Waals surface area contributed by atoms with Crippen molar-refractivity contribution in [2.45, 2.75) is 32.1 Å². The minimum Gasteiger partial charge on any atom is -0.493 e. The first kappa shape index (κ1) is 11.0. The molecule has 1 aliphatic rings. The Labute approximate surface area is 95.0 Å². The van der Waals surface area contributed by atoms with Gasteiger partial charge in [0.2, 0.25) is 0 Å². The number of benzene rings is 1. The average Bonchev–Trinajstić information content (AvgIpc) is 2.28. The Morgan fingerprint density at radius 1 is 1.56 bits per heavy atom. The third-order valence-corrected chi connectivity index (χ3v) is 3.08. The molecular formula is C13H16O3. The molecule has 0 radical (unpaired) electrons. The number of carboxylic acid groups (broad SMARTS) is 1. The molecule has 1 atom stereocenters. The van der Waals surface area contributed by atoms with Gasteiger partial charge >= 0.3 is 5.97 Å². The van der Waals surface area contributed by atoms with Gasteiger partial charge in [-0.25, -0.2) is 0 Å². The molecule has 1 aliphatic heterocycles. The summed E-state index contributed by atoms with van der Waals surface area (Å²) in [7, 11) is 0. The lowest BCUT2D eigenvalue weighted by atomic mass is 9.88. The van der Waals surface area contributed by atoms with E-state index in [0.29, 0.717) is 6.61 Å². The van der Waals surface area contributed by atoms with Crippen LogP contribution in [-0.4, -0.2) is 17.7 Å². The van der Waals surface area contributed by atoms with Crippen molar-refractivity contribution < 1.29 is 14.6 Å². The Balaban J connectivity index is 2.35. The van der Waals surface area contributed by atoms with Crippen LogP contribution in [-0.2, 0) is 11.2 Å². The molecule has 0 bridgehead atoms.